The second-order valence-corrected chi connectivity index (χ2v) is 8.49. The van der Waals surface area contributed by atoms with Crippen LogP contribution < -0.4 is 10.7 Å². The average Bonchev–Trinajstić information content (AvgIpc) is 3.23. The number of pyridine rings is 1. The largest absolute Gasteiger partial charge is 0.503 e. The first-order valence-corrected chi connectivity index (χ1v) is 10.1. The first-order chi connectivity index (χ1) is 15.5. The maximum absolute atomic E-state index is 14.2. The third-order valence-electron chi connectivity index (χ3n) is 6.64. The van der Waals surface area contributed by atoms with Gasteiger partial charge < -0.3 is 19.9 Å². The van der Waals surface area contributed by atoms with Crippen LogP contribution in [0, 0.1) is 23.4 Å². The Bertz CT molecular complexity index is 1250. The highest BCUT2D eigenvalue weighted by Gasteiger charge is 2.63. The lowest BCUT2D eigenvalue weighted by Crippen LogP contribution is -2.56. The fourth-order valence-electron chi connectivity index (χ4n) is 5.17. The van der Waals surface area contributed by atoms with E-state index in [1.54, 1.807) is 0 Å². The number of piperidine rings is 1. The lowest BCUT2D eigenvalue weighted by Gasteiger charge is -2.42. The molecule has 3 atom stereocenters. The third kappa shape index (κ3) is 3.10. The minimum Gasteiger partial charge on any atom is -0.503 e. The molecule has 1 aromatic carbocycles. The number of nitrogens with one attached hydrogen (secondary N) is 1. The van der Waals surface area contributed by atoms with Crippen molar-refractivity contribution >= 4 is 11.8 Å². The van der Waals surface area contributed by atoms with Crippen molar-refractivity contribution in [2.45, 2.75) is 43.9 Å². The van der Waals surface area contributed by atoms with E-state index in [2.05, 4.69) is 5.32 Å². The molecule has 2 bridgehead atoms. The van der Waals surface area contributed by atoms with Gasteiger partial charge in [0.15, 0.2) is 11.4 Å². The van der Waals surface area contributed by atoms with Crippen molar-refractivity contribution in [1.82, 2.24) is 14.8 Å². The number of rotatable bonds is 3. The first-order valence-electron chi connectivity index (χ1n) is 10.1. The van der Waals surface area contributed by atoms with Gasteiger partial charge in [0.2, 0.25) is 5.43 Å². The molecule has 1 aromatic heterocycles. The van der Waals surface area contributed by atoms with Gasteiger partial charge in [-0.05, 0) is 6.42 Å². The Morgan fingerprint density at radius 3 is 2.52 bits per heavy atom. The number of halogens is 5. The number of carbonyl (C=O) groups excluding carboxylic acids is 2. The van der Waals surface area contributed by atoms with Gasteiger partial charge >= 0.3 is 0 Å². The topological polar surface area (TPSA) is 91.6 Å². The molecule has 2 N–H and O–H groups in total. The molecule has 33 heavy (non-hydrogen) atoms. The van der Waals surface area contributed by atoms with E-state index in [0.29, 0.717) is 12.1 Å². The smallest absolute Gasteiger partial charge is 0.275 e. The number of aromatic nitrogens is 1. The van der Waals surface area contributed by atoms with E-state index >= 15 is 0 Å². The molecule has 0 radical (unpaired) electrons. The number of nitrogens with zero attached hydrogens (tertiary/aromatic N) is 2. The lowest BCUT2D eigenvalue weighted by atomic mass is 9.92. The first kappa shape index (κ1) is 21.4. The normalized spacial score (nSPS) is 24.6. The Kier molecular flexibility index (Phi) is 4.56. The summed E-state index contributed by atoms with van der Waals surface area (Å²) >= 11 is 0. The highest BCUT2D eigenvalue weighted by atomic mass is 19.3. The average molecular weight is 469 g/mol. The minimum absolute atomic E-state index is 0.102. The van der Waals surface area contributed by atoms with Gasteiger partial charge in [-0.2, -0.15) is 0 Å². The van der Waals surface area contributed by atoms with E-state index in [0.717, 1.165) is 10.8 Å². The molecule has 0 spiro atoms. The molecule has 1 aliphatic carbocycles. The Balaban J connectivity index is 1.45. The van der Waals surface area contributed by atoms with Gasteiger partial charge in [-0.3, -0.25) is 14.4 Å². The molecule has 5 rings (SSSR count). The van der Waals surface area contributed by atoms with Crippen LogP contribution in [0.5, 0.6) is 5.75 Å². The van der Waals surface area contributed by atoms with E-state index in [1.165, 1.54) is 4.90 Å². The Morgan fingerprint density at radius 2 is 1.85 bits per heavy atom. The van der Waals surface area contributed by atoms with Crippen molar-refractivity contribution in [3.63, 3.8) is 0 Å². The summed E-state index contributed by atoms with van der Waals surface area (Å²) in [7, 11) is 0. The zero-order chi connectivity index (χ0) is 23.8. The lowest BCUT2D eigenvalue weighted by molar-refractivity contribution is -0.0887. The molecule has 1 saturated carbocycles. The van der Waals surface area contributed by atoms with E-state index < -0.39 is 94.2 Å². The molecular formula is C21H16F5N3O4. The summed E-state index contributed by atoms with van der Waals surface area (Å²) in [6.45, 7) is -0.892. The maximum Gasteiger partial charge on any atom is 0.275 e. The molecule has 3 aliphatic rings. The SMILES string of the molecule is O=C(NCc1c(F)cc(F)cc1F)c1cn2c(c(O)c1=O)C(=O)N1[C@@H]3CC([C@@H]1C2)C(F)(F)C3. The summed E-state index contributed by atoms with van der Waals surface area (Å²) in [4.78, 5) is 39.3. The predicted octanol–water partition coefficient (Wildman–Crippen LogP) is 2.15. The highest BCUT2D eigenvalue weighted by Crippen LogP contribution is 2.53. The second-order valence-electron chi connectivity index (χ2n) is 8.49. The summed E-state index contributed by atoms with van der Waals surface area (Å²) in [6, 6.07) is -0.715. The summed E-state index contributed by atoms with van der Waals surface area (Å²) < 4.78 is 70.2. The van der Waals surface area contributed by atoms with E-state index in [-0.39, 0.29) is 13.0 Å². The van der Waals surface area contributed by atoms with Gasteiger partial charge in [-0.25, -0.2) is 22.0 Å². The number of aromatic hydroxyl groups is 1. The molecule has 3 heterocycles. The molecule has 12 heteroatoms. The molecule has 1 saturated heterocycles. The molecular weight excluding hydrogens is 453 g/mol. The van der Waals surface area contributed by atoms with Crippen LogP contribution in [0.3, 0.4) is 0 Å². The van der Waals surface area contributed by atoms with Crippen molar-refractivity contribution in [2.24, 2.45) is 5.92 Å². The fraction of sp³-hybridized carbons (Fsp3) is 0.381. The number of hydrogen-bond donors (Lipinski definition) is 2. The molecule has 1 unspecified atom stereocenters. The van der Waals surface area contributed by atoms with Crippen LogP contribution in [0.25, 0.3) is 0 Å². The monoisotopic (exact) mass is 469 g/mol. The quantitative estimate of drug-likeness (QED) is 0.675. The second kappa shape index (κ2) is 7.03. The van der Waals surface area contributed by atoms with Crippen molar-refractivity contribution in [3.8, 4) is 5.75 Å². The van der Waals surface area contributed by atoms with Gasteiger partial charge in [0.1, 0.15) is 23.0 Å². The number of carbonyl (C=O) groups is 2. The van der Waals surface area contributed by atoms with Crippen LogP contribution in [0.15, 0.2) is 23.1 Å². The number of alkyl halides is 2. The molecule has 7 nitrogen and oxygen atoms in total. The summed E-state index contributed by atoms with van der Waals surface area (Å²) in [5, 5.41) is 12.5. The van der Waals surface area contributed by atoms with Gasteiger partial charge in [0.25, 0.3) is 17.7 Å². The van der Waals surface area contributed by atoms with Crippen LogP contribution in [0.2, 0.25) is 0 Å². The molecule has 174 valence electrons. The number of benzene rings is 1. The predicted molar refractivity (Wildman–Crippen MR) is 101 cm³/mol. The minimum atomic E-state index is -2.95. The Morgan fingerprint density at radius 1 is 1.18 bits per heavy atom. The van der Waals surface area contributed by atoms with Gasteiger partial charge in [0.05, 0.1) is 6.04 Å². The molecule has 2 amide bonds. The summed E-state index contributed by atoms with van der Waals surface area (Å²) in [6.07, 6.45) is 0.580. The van der Waals surface area contributed by atoms with Gasteiger partial charge in [-0.1, -0.05) is 0 Å². The van der Waals surface area contributed by atoms with Crippen molar-refractivity contribution in [1.29, 1.82) is 0 Å². The molecule has 2 fully saturated rings. The van der Waals surface area contributed by atoms with Gasteiger partial charge in [-0.15, -0.1) is 0 Å². The maximum atomic E-state index is 14.2. The van der Waals surface area contributed by atoms with Crippen molar-refractivity contribution in [3.05, 3.63) is 62.8 Å². The standard InChI is InChI=1S/C21H16F5N3O4/c22-8-1-13(23)10(14(24)2-8)5-27-19(32)11-6-28-7-15-12-3-9(4-21(12,25)26)29(15)20(33)16(28)18(31)17(11)30/h1-2,6,9,12,15,31H,3-5,7H2,(H,27,32)/t9-,12?,15+/m1/s1. The van der Waals surface area contributed by atoms with E-state index in [1.807, 2.05) is 0 Å². The van der Waals surface area contributed by atoms with Crippen LogP contribution in [0.1, 0.15) is 39.3 Å². The summed E-state index contributed by atoms with van der Waals surface area (Å²) in [5.41, 5.74) is -2.89. The van der Waals surface area contributed by atoms with Crippen LogP contribution in [0.4, 0.5) is 22.0 Å². The van der Waals surface area contributed by atoms with Crippen LogP contribution in [-0.2, 0) is 13.1 Å². The molecule has 2 aromatic rings. The van der Waals surface area contributed by atoms with Crippen molar-refractivity contribution in [2.75, 3.05) is 0 Å². The zero-order valence-electron chi connectivity index (χ0n) is 16.7. The molecule has 2 aliphatic heterocycles. The number of hydrogen-bond acceptors (Lipinski definition) is 4. The van der Waals surface area contributed by atoms with Crippen molar-refractivity contribution < 1.29 is 36.6 Å². The number of fused-ring (bicyclic) bond motifs is 6. The number of amides is 2. The fourth-order valence-corrected chi connectivity index (χ4v) is 5.17. The van der Waals surface area contributed by atoms with Gasteiger partial charge in [0, 0.05) is 55.4 Å². The summed E-state index contributed by atoms with van der Waals surface area (Å²) in [5.74, 6) is -10.6. The Labute approximate surface area is 182 Å². The third-order valence-corrected chi connectivity index (χ3v) is 6.64. The van der Waals surface area contributed by atoms with Crippen LogP contribution >= 0.6 is 0 Å². The highest BCUT2D eigenvalue weighted by molar-refractivity contribution is 5.99. The van der Waals surface area contributed by atoms with E-state index in [4.69, 9.17) is 0 Å². The van der Waals surface area contributed by atoms with E-state index in [9.17, 15) is 41.4 Å². The van der Waals surface area contributed by atoms with Crippen LogP contribution in [-0.4, -0.2) is 44.4 Å². The Hall–Kier alpha value is -3.44. The zero-order valence-corrected chi connectivity index (χ0v) is 16.7.